The summed E-state index contributed by atoms with van der Waals surface area (Å²) in [6, 6.07) is 3.56. The van der Waals surface area contributed by atoms with Crippen molar-refractivity contribution in [3.8, 4) is 0 Å². The molecule has 25 heavy (non-hydrogen) atoms. The monoisotopic (exact) mass is 466 g/mol. The molecule has 1 fully saturated rings. The molecule has 0 aromatic carbocycles. The molecule has 4 N–H and O–H groups in total. The molecule has 1 aliphatic heterocycles. The summed E-state index contributed by atoms with van der Waals surface area (Å²) in [5, 5.41) is 13.5. The van der Waals surface area contributed by atoms with E-state index in [4.69, 9.17) is 14.9 Å². The van der Waals surface area contributed by atoms with Crippen molar-refractivity contribution in [3.05, 3.63) is 24.2 Å². The molecule has 8 nitrogen and oxygen atoms in total. The lowest BCUT2D eigenvalue weighted by Gasteiger charge is -2.31. The molecule has 0 saturated carbocycles. The quantitative estimate of drug-likeness (QED) is 0.346. The van der Waals surface area contributed by atoms with Crippen LogP contribution in [-0.4, -0.2) is 54.3 Å². The molecule has 0 spiro atoms. The molecule has 2 rings (SSSR count). The highest BCUT2D eigenvalue weighted by Crippen LogP contribution is 2.21. The number of halogens is 1. The standard InChI is InChI=1S/C16H26N4O4.HI/c1-3-23-15(21)20-8-6-12(7-9-20)19-14(17)18-11-16(2,22)13-5-4-10-24-13;/h4-5,10,12,22H,3,6-9,11H2,1-2H3,(H3,17,18,19);1H. The average Bonchev–Trinajstić information content (AvgIpc) is 3.09. The lowest BCUT2D eigenvalue weighted by Crippen LogP contribution is -2.48. The van der Waals surface area contributed by atoms with Gasteiger partial charge in [0.2, 0.25) is 0 Å². The van der Waals surface area contributed by atoms with Crippen LogP contribution < -0.4 is 11.1 Å². The Morgan fingerprint density at radius 3 is 2.80 bits per heavy atom. The molecule has 0 aliphatic carbocycles. The van der Waals surface area contributed by atoms with E-state index >= 15 is 0 Å². The zero-order valence-corrected chi connectivity index (χ0v) is 16.9. The van der Waals surface area contributed by atoms with Gasteiger partial charge in [0.25, 0.3) is 0 Å². The number of carbonyl (C=O) groups is 1. The van der Waals surface area contributed by atoms with Crippen molar-refractivity contribution >= 4 is 36.0 Å². The second kappa shape index (κ2) is 9.85. The molecule has 142 valence electrons. The first-order valence-electron chi connectivity index (χ1n) is 8.17. The van der Waals surface area contributed by atoms with Crippen molar-refractivity contribution < 1.29 is 19.1 Å². The maximum atomic E-state index is 11.7. The zero-order chi connectivity index (χ0) is 17.6. The van der Waals surface area contributed by atoms with Crippen LogP contribution in [0, 0.1) is 0 Å². The number of nitrogens with two attached hydrogens (primary N) is 1. The van der Waals surface area contributed by atoms with Crippen molar-refractivity contribution in [3.63, 3.8) is 0 Å². The topological polar surface area (TPSA) is 113 Å². The molecule has 1 aromatic heterocycles. The van der Waals surface area contributed by atoms with E-state index in [-0.39, 0.29) is 48.6 Å². The van der Waals surface area contributed by atoms with Crippen LogP contribution in [0.1, 0.15) is 32.4 Å². The van der Waals surface area contributed by atoms with Gasteiger partial charge < -0.3 is 30.2 Å². The Hall–Kier alpha value is -1.49. The molecule has 1 aliphatic rings. The van der Waals surface area contributed by atoms with Gasteiger partial charge in [0, 0.05) is 19.1 Å². The molecule has 1 aromatic rings. The number of ether oxygens (including phenoxy) is 1. The van der Waals surface area contributed by atoms with Crippen LogP contribution in [-0.2, 0) is 10.3 Å². The molecule has 0 radical (unpaired) electrons. The first-order chi connectivity index (χ1) is 11.4. The molecule has 0 bridgehead atoms. The minimum absolute atomic E-state index is 0. The third kappa shape index (κ3) is 6.38. The highest BCUT2D eigenvalue weighted by atomic mass is 127. The highest BCUT2D eigenvalue weighted by Gasteiger charge is 2.27. The minimum Gasteiger partial charge on any atom is -0.466 e. The number of hydrogen-bond donors (Lipinski definition) is 3. The molecule has 1 unspecified atom stereocenters. The van der Waals surface area contributed by atoms with Crippen LogP contribution in [0.25, 0.3) is 0 Å². The predicted molar refractivity (Wildman–Crippen MR) is 105 cm³/mol. The van der Waals surface area contributed by atoms with Crippen LogP contribution in [0.4, 0.5) is 4.79 Å². The number of likely N-dealkylation sites (tertiary alicyclic amines) is 1. The summed E-state index contributed by atoms with van der Waals surface area (Å²) in [5.74, 6) is 0.721. The van der Waals surface area contributed by atoms with E-state index in [0.717, 1.165) is 12.8 Å². The van der Waals surface area contributed by atoms with Crippen LogP contribution in [0.5, 0.6) is 0 Å². The third-order valence-corrected chi connectivity index (χ3v) is 3.98. The number of aliphatic hydroxyl groups is 1. The van der Waals surface area contributed by atoms with E-state index < -0.39 is 5.60 Å². The Morgan fingerprint density at radius 1 is 1.56 bits per heavy atom. The fourth-order valence-electron chi connectivity index (χ4n) is 2.58. The summed E-state index contributed by atoms with van der Waals surface area (Å²) in [4.78, 5) is 17.5. The number of amides is 1. The first-order valence-corrected chi connectivity index (χ1v) is 8.17. The lowest BCUT2D eigenvalue weighted by molar-refractivity contribution is 0.0437. The van der Waals surface area contributed by atoms with Crippen molar-refractivity contribution in [2.75, 3.05) is 26.2 Å². The average molecular weight is 466 g/mol. The Kier molecular flexibility index (Phi) is 8.50. The van der Waals surface area contributed by atoms with Crippen molar-refractivity contribution in [2.45, 2.75) is 38.3 Å². The first kappa shape index (κ1) is 21.6. The number of guanidine groups is 1. The Balaban J connectivity index is 0.00000312. The maximum Gasteiger partial charge on any atom is 0.409 e. The van der Waals surface area contributed by atoms with Gasteiger partial charge in [0.15, 0.2) is 5.96 Å². The van der Waals surface area contributed by atoms with Gasteiger partial charge in [-0.3, -0.25) is 0 Å². The van der Waals surface area contributed by atoms with Gasteiger partial charge in [0.1, 0.15) is 11.4 Å². The Morgan fingerprint density at radius 2 is 2.24 bits per heavy atom. The fourth-order valence-corrected chi connectivity index (χ4v) is 2.58. The third-order valence-electron chi connectivity index (χ3n) is 3.98. The molecular weight excluding hydrogens is 439 g/mol. The van der Waals surface area contributed by atoms with Gasteiger partial charge in [0.05, 0.1) is 19.4 Å². The van der Waals surface area contributed by atoms with Crippen LogP contribution in [0.15, 0.2) is 27.8 Å². The number of aliphatic imine (C=N–C) groups is 1. The van der Waals surface area contributed by atoms with Gasteiger partial charge in [-0.1, -0.05) is 0 Å². The Bertz CT molecular complexity index is 554. The summed E-state index contributed by atoms with van der Waals surface area (Å²) < 4.78 is 10.2. The molecule has 2 heterocycles. The SMILES string of the molecule is CCOC(=O)N1CCC(NC(N)=NCC(C)(O)c2ccco2)CC1.I. The highest BCUT2D eigenvalue weighted by molar-refractivity contribution is 14.0. The van der Waals surface area contributed by atoms with Crippen LogP contribution in [0.3, 0.4) is 0 Å². The van der Waals surface area contributed by atoms with Crippen molar-refractivity contribution in [1.82, 2.24) is 10.2 Å². The zero-order valence-electron chi connectivity index (χ0n) is 14.6. The second-order valence-corrected chi connectivity index (χ2v) is 6.06. The van der Waals surface area contributed by atoms with Crippen LogP contribution >= 0.6 is 24.0 Å². The van der Waals surface area contributed by atoms with E-state index in [1.54, 1.807) is 30.9 Å². The van der Waals surface area contributed by atoms with E-state index in [9.17, 15) is 9.90 Å². The number of nitrogens with one attached hydrogen (secondary N) is 1. The molecule has 1 amide bonds. The van der Waals surface area contributed by atoms with E-state index in [1.165, 1.54) is 6.26 Å². The van der Waals surface area contributed by atoms with E-state index in [1.807, 2.05) is 0 Å². The van der Waals surface area contributed by atoms with Gasteiger partial charge in [-0.15, -0.1) is 24.0 Å². The summed E-state index contributed by atoms with van der Waals surface area (Å²) in [6.07, 6.45) is 2.77. The minimum atomic E-state index is -1.21. The van der Waals surface area contributed by atoms with Crippen molar-refractivity contribution in [1.29, 1.82) is 0 Å². The number of hydrogen-bond acceptors (Lipinski definition) is 5. The van der Waals surface area contributed by atoms with Gasteiger partial charge in [-0.25, -0.2) is 9.79 Å². The predicted octanol–water partition coefficient (Wildman–Crippen LogP) is 1.63. The normalized spacial score (nSPS) is 18.2. The van der Waals surface area contributed by atoms with Gasteiger partial charge in [-0.05, 0) is 38.8 Å². The maximum absolute atomic E-state index is 11.7. The number of rotatable bonds is 5. The number of nitrogens with zero attached hydrogens (tertiary/aromatic N) is 2. The molecule has 1 atom stereocenters. The second-order valence-electron chi connectivity index (χ2n) is 6.06. The summed E-state index contributed by atoms with van der Waals surface area (Å²) in [5.41, 5.74) is 4.69. The summed E-state index contributed by atoms with van der Waals surface area (Å²) in [7, 11) is 0. The van der Waals surface area contributed by atoms with Crippen LogP contribution in [0.2, 0.25) is 0 Å². The van der Waals surface area contributed by atoms with Crippen molar-refractivity contribution in [2.24, 2.45) is 10.7 Å². The fraction of sp³-hybridized carbons (Fsp3) is 0.625. The largest absolute Gasteiger partial charge is 0.466 e. The number of carbonyl (C=O) groups excluding carboxylic acids is 1. The molecule has 9 heteroatoms. The summed E-state index contributed by atoms with van der Waals surface area (Å²) in [6.45, 7) is 5.14. The number of furan rings is 1. The van der Waals surface area contributed by atoms with E-state index in [0.29, 0.717) is 25.5 Å². The molecular formula is C16H27IN4O4. The molecule has 1 saturated heterocycles. The summed E-state index contributed by atoms with van der Waals surface area (Å²) >= 11 is 0. The van der Waals surface area contributed by atoms with Gasteiger partial charge in [-0.2, -0.15) is 0 Å². The van der Waals surface area contributed by atoms with E-state index in [2.05, 4.69) is 10.3 Å². The lowest BCUT2D eigenvalue weighted by atomic mass is 10.0. The van der Waals surface area contributed by atoms with Gasteiger partial charge >= 0.3 is 6.09 Å². The number of piperidine rings is 1. The smallest absolute Gasteiger partial charge is 0.409 e. The Labute approximate surface area is 164 Å².